The number of amides is 1. The van der Waals surface area contributed by atoms with Crippen LogP contribution in [0.2, 0.25) is 0 Å². The van der Waals surface area contributed by atoms with E-state index < -0.39 is 0 Å². The largest absolute Gasteiger partial charge is 0.497 e. The summed E-state index contributed by atoms with van der Waals surface area (Å²) >= 11 is 0. The average molecular weight is 268 g/mol. The normalized spacial score (nSPS) is 10.4. The van der Waals surface area contributed by atoms with Crippen LogP contribution in [0.5, 0.6) is 5.75 Å². The van der Waals surface area contributed by atoms with Gasteiger partial charge in [0.15, 0.2) is 0 Å². The van der Waals surface area contributed by atoms with Crippen molar-refractivity contribution in [2.75, 3.05) is 13.7 Å². The van der Waals surface area contributed by atoms with Gasteiger partial charge in [-0.25, -0.2) is 0 Å². The molecule has 1 aromatic heterocycles. The summed E-state index contributed by atoms with van der Waals surface area (Å²) in [5, 5.41) is 2.78. The van der Waals surface area contributed by atoms with Gasteiger partial charge in [0.2, 0.25) is 0 Å². The van der Waals surface area contributed by atoms with E-state index in [9.17, 15) is 4.79 Å². The average Bonchev–Trinajstić information content (AvgIpc) is 2.53. The maximum Gasteiger partial charge on any atom is 0.270 e. The van der Waals surface area contributed by atoms with Crippen molar-refractivity contribution in [1.82, 2.24) is 10.3 Å². The number of carbonyl (C=O) groups is 1. The molecule has 0 saturated carbocycles. The Bertz CT molecular complexity index is 577. The van der Waals surface area contributed by atoms with Crippen LogP contribution in [0.25, 0.3) is 6.08 Å². The molecule has 0 aliphatic heterocycles. The molecular formula is C16H16N2O2. The third-order valence-electron chi connectivity index (χ3n) is 2.70. The smallest absolute Gasteiger partial charge is 0.270 e. The van der Waals surface area contributed by atoms with Crippen molar-refractivity contribution in [3.05, 3.63) is 66.0 Å². The maximum atomic E-state index is 11.7. The maximum absolute atomic E-state index is 11.7. The van der Waals surface area contributed by atoms with E-state index in [1.807, 2.05) is 36.4 Å². The van der Waals surface area contributed by atoms with Crippen molar-refractivity contribution >= 4 is 12.0 Å². The van der Waals surface area contributed by atoms with E-state index in [2.05, 4.69) is 10.3 Å². The topological polar surface area (TPSA) is 51.2 Å². The first-order valence-electron chi connectivity index (χ1n) is 6.29. The second-order valence-corrected chi connectivity index (χ2v) is 4.10. The Labute approximate surface area is 118 Å². The van der Waals surface area contributed by atoms with Gasteiger partial charge < -0.3 is 10.1 Å². The highest BCUT2D eigenvalue weighted by atomic mass is 16.5. The van der Waals surface area contributed by atoms with Crippen molar-refractivity contribution in [3.8, 4) is 5.75 Å². The lowest BCUT2D eigenvalue weighted by Gasteiger charge is -2.01. The van der Waals surface area contributed by atoms with Gasteiger partial charge in [0.05, 0.1) is 7.11 Å². The quantitative estimate of drug-likeness (QED) is 0.906. The molecule has 0 saturated heterocycles. The third-order valence-corrected chi connectivity index (χ3v) is 2.70. The number of nitrogens with zero attached hydrogens (tertiary/aromatic N) is 1. The summed E-state index contributed by atoms with van der Waals surface area (Å²) in [5.74, 6) is 0.649. The van der Waals surface area contributed by atoms with Crippen LogP contribution in [-0.2, 0) is 0 Å². The second-order valence-electron chi connectivity index (χ2n) is 4.10. The highest BCUT2D eigenvalue weighted by Gasteiger charge is 2.02. The van der Waals surface area contributed by atoms with Crippen molar-refractivity contribution in [1.29, 1.82) is 0 Å². The number of nitrogens with one attached hydrogen (secondary N) is 1. The zero-order valence-electron chi connectivity index (χ0n) is 11.2. The lowest BCUT2D eigenvalue weighted by atomic mass is 10.2. The number of hydrogen-bond donors (Lipinski definition) is 1. The number of ether oxygens (including phenoxy) is 1. The van der Waals surface area contributed by atoms with E-state index in [0.29, 0.717) is 12.2 Å². The van der Waals surface area contributed by atoms with Crippen LogP contribution < -0.4 is 10.1 Å². The first-order valence-corrected chi connectivity index (χ1v) is 6.29. The number of rotatable bonds is 5. The molecule has 1 aromatic carbocycles. The zero-order valence-corrected chi connectivity index (χ0v) is 11.2. The molecule has 20 heavy (non-hydrogen) atoms. The molecule has 4 nitrogen and oxygen atoms in total. The first-order chi connectivity index (χ1) is 9.79. The summed E-state index contributed by atoms with van der Waals surface area (Å²) in [4.78, 5) is 15.7. The molecule has 1 N–H and O–H groups in total. The van der Waals surface area contributed by atoms with Crippen LogP contribution in [0.3, 0.4) is 0 Å². The Balaban J connectivity index is 1.83. The molecule has 1 heterocycles. The lowest BCUT2D eigenvalue weighted by molar-refractivity contribution is 0.0953. The van der Waals surface area contributed by atoms with E-state index in [0.717, 1.165) is 11.3 Å². The van der Waals surface area contributed by atoms with Crippen LogP contribution in [0.1, 0.15) is 16.1 Å². The van der Waals surface area contributed by atoms with Crippen molar-refractivity contribution < 1.29 is 9.53 Å². The number of hydrogen-bond acceptors (Lipinski definition) is 3. The Kier molecular flexibility index (Phi) is 4.89. The van der Waals surface area contributed by atoms with E-state index in [1.165, 1.54) is 0 Å². The highest BCUT2D eigenvalue weighted by molar-refractivity contribution is 5.92. The Morgan fingerprint density at radius 2 is 2.05 bits per heavy atom. The second kappa shape index (κ2) is 7.09. The zero-order chi connectivity index (χ0) is 14.2. The van der Waals surface area contributed by atoms with Gasteiger partial charge in [-0.3, -0.25) is 9.78 Å². The number of carbonyl (C=O) groups excluding carboxylic acids is 1. The number of benzene rings is 1. The molecule has 1 amide bonds. The molecule has 2 rings (SSSR count). The van der Waals surface area contributed by atoms with Crippen molar-refractivity contribution in [2.45, 2.75) is 0 Å². The minimum atomic E-state index is -0.176. The molecule has 0 unspecified atom stereocenters. The lowest BCUT2D eigenvalue weighted by Crippen LogP contribution is -2.24. The molecule has 0 fully saturated rings. The molecule has 0 aliphatic carbocycles. The SMILES string of the molecule is COc1ccc(/C=C\CNC(=O)c2ccccn2)cc1. The van der Waals surface area contributed by atoms with Crippen LogP contribution in [0.4, 0.5) is 0 Å². The molecule has 0 spiro atoms. The Morgan fingerprint density at radius 3 is 2.70 bits per heavy atom. The van der Waals surface area contributed by atoms with Crippen molar-refractivity contribution in [2.24, 2.45) is 0 Å². The fourth-order valence-corrected chi connectivity index (χ4v) is 1.65. The summed E-state index contributed by atoms with van der Waals surface area (Å²) in [6, 6.07) is 12.9. The molecule has 2 aromatic rings. The molecule has 0 bridgehead atoms. The van der Waals surface area contributed by atoms with Crippen LogP contribution in [0.15, 0.2) is 54.7 Å². The fraction of sp³-hybridized carbons (Fsp3) is 0.125. The van der Waals surface area contributed by atoms with Gasteiger partial charge in [0.1, 0.15) is 11.4 Å². The van der Waals surface area contributed by atoms with Gasteiger partial charge >= 0.3 is 0 Å². The summed E-state index contributed by atoms with van der Waals surface area (Å²) in [7, 11) is 1.64. The van der Waals surface area contributed by atoms with E-state index in [4.69, 9.17) is 4.74 Å². The number of aromatic nitrogens is 1. The summed E-state index contributed by atoms with van der Waals surface area (Å²) in [6.07, 6.45) is 5.43. The molecule has 0 radical (unpaired) electrons. The van der Waals surface area contributed by atoms with Crippen LogP contribution >= 0.6 is 0 Å². The molecule has 4 heteroatoms. The van der Waals surface area contributed by atoms with Crippen molar-refractivity contribution in [3.63, 3.8) is 0 Å². The minimum Gasteiger partial charge on any atom is -0.497 e. The molecule has 0 atom stereocenters. The predicted molar refractivity (Wildman–Crippen MR) is 78.6 cm³/mol. The van der Waals surface area contributed by atoms with Crippen LogP contribution in [0, 0.1) is 0 Å². The predicted octanol–water partition coefficient (Wildman–Crippen LogP) is 2.53. The van der Waals surface area contributed by atoms with Gasteiger partial charge in [0, 0.05) is 12.7 Å². The molecule has 0 aliphatic rings. The Morgan fingerprint density at radius 1 is 1.25 bits per heavy atom. The number of pyridine rings is 1. The minimum absolute atomic E-state index is 0.176. The number of methoxy groups -OCH3 is 1. The van der Waals surface area contributed by atoms with E-state index in [-0.39, 0.29) is 5.91 Å². The Hall–Kier alpha value is -2.62. The molecular weight excluding hydrogens is 252 g/mol. The van der Waals surface area contributed by atoms with Gasteiger partial charge in [-0.1, -0.05) is 30.4 Å². The van der Waals surface area contributed by atoms with Gasteiger partial charge in [-0.15, -0.1) is 0 Å². The van der Waals surface area contributed by atoms with Gasteiger partial charge in [-0.2, -0.15) is 0 Å². The summed E-state index contributed by atoms with van der Waals surface area (Å²) in [5.41, 5.74) is 1.48. The highest BCUT2D eigenvalue weighted by Crippen LogP contribution is 2.11. The third kappa shape index (κ3) is 3.95. The summed E-state index contributed by atoms with van der Waals surface area (Å²) < 4.78 is 5.09. The first kappa shape index (κ1) is 13.8. The van der Waals surface area contributed by atoms with Gasteiger partial charge in [0.25, 0.3) is 5.91 Å². The van der Waals surface area contributed by atoms with E-state index in [1.54, 1.807) is 31.5 Å². The van der Waals surface area contributed by atoms with E-state index >= 15 is 0 Å². The molecule has 102 valence electrons. The van der Waals surface area contributed by atoms with Gasteiger partial charge in [-0.05, 0) is 29.8 Å². The standard InChI is InChI=1S/C16H16N2O2/c1-20-14-9-7-13(8-10-14)5-4-12-18-16(19)15-6-2-3-11-17-15/h2-11H,12H2,1H3,(H,18,19)/b5-4-. The van der Waals surface area contributed by atoms with Crippen LogP contribution in [-0.4, -0.2) is 24.5 Å². The summed E-state index contributed by atoms with van der Waals surface area (Å²) in [6.45, 7) is 0.460. The fourth-order valence-electron chi connectivity index (χ4n) is 1.65. The monoisotopic (exact) mass is 268 g/mol.